The summed E-state index contributed by atoms with van der Waals surface area (Å²) in [5.41, 5.74) is -1.08. The molecule has 2 N–H and O–H groups in total. The number of alkyl halides is 3. The van der Waals surface area contributed by atoms with E-state index < -0.39 is 32.4 Å². The van der Waals surface area contributed by atoms with Crippen LogP contribution < -0.4 is 9.88 Å². The predicted molar refractivity (Wildman–Crippen MR) is 57.1 cm³/mol. The first kappa shape index (κ1) is 14.3. The Morgan fingerprint density at radius 1 is 1.35 bits per heavy atom. The molecule has 0 aliphatic rings. The summed E-state index contributed by atoms with van der Waals surface area (Å²) in [6.07, 6.45) is -4.65. The number of nitrogens with two attached hydrogens (primary N) is 1. The average Bonchev–Trinajstić information content (AvgIpc) is 2.14. The van der Waals surface area contributed by atoms with E-state index in [4.69, 9.17) is 5.14 Å². The molecule has 1 aromatic rings. The zero-order valence-electron chi connectivity index (χ0n) is 8.38. The molecule has 0 bridgehead atoms. The monoisotopic (exact) mass is 333 g/mol. The number of halogens is 4. The number of methoxy groups -OCH3 is 1. The van der Waals surface area contributed by atoms with E-state index in [1.807, 2.05) is 0 Å². The van der Waals surface area contributed by atoms with Crippen LogP contribution in [0.3, 0.4) is 0 Å². The fourth-order valence-electron chi connectivity index (χ4n) is 1.14. The molecular weight excluding hydrogens is 327 g/mol. The highest BCUT2D eigenvalue weighted by atomic mass is 79.9. The number of hydrogen-bond donors (Lipinski definition) is 1. The van der Waals surface area contributed by atoms with Crippen LogP contribution in [0.2, 0.25) is 0 Å². The first-order valence-corrected chi connectivity index (χ1v) is 6.39. The number of sulfonamides is 1. The maximum absolute atomic E-state index is 12.6. The molecule has 0 fully saturated rings. The first-order valence-electron chi connectivity index (χ1n) is 4.05. The standard InChI is InChI=1S/C8H7BrF3NO3S/c1-16-6-3-7(17(13,14)15)5(9)2-4(6)8(10,11)12/h2-3H,1H3,(H2,13,14,15). The minimum absolute atomic E-state index is 0.270. The largest absolute Gasteiger partial charge is 0.496 e. The lowest BCUT2D eigenvalue weighted by Crippen LogP contribution is -2.15. The van der Waals surface area contributed by atoms with Crippen molar-refractivity contribution in [1.82, 2.24) is 0 Å². The highest BCUT2D eigenvalue weighted by Gasteiger charge is 2.35. The van der Waals surface area contributed by atoms with Gasteiger partial charge in [0.25, 0.3) is 0 Å². The molecule has 0 aliphatic carbocycles. The van der Waals surface area contributed by atoms with Crippen molar-refractivity contribution in [3.8, 4) is 5.75 Å². The first-order chi connectivity index (χ1) is 7.57. The SMILES string of the molecule is COc1cc(S(N)(=O)=O)c(Br)cc1C(F)(F)F. The quantitative estimate of drug-likeness (QED) is 0.901. The Morgan fingerprint density at radius 3 is 2.24 bits per heavy atom. The van der Waals surface area contributed by atoms with Crippen LogP contribution in [0, 0.1) is 0 Å². The lowest BCUT2D eigenvalue weighted by molar-refractivity contribution is -0.138. The van der Waals surface area contributed by atoms with Gasteiger partial charge in [0, 0.05) is 10.5 Å². The second kappa shape index (κ2) is 4.46. The maximum Gasteiger partial charge on any atom is 0.420 e. The van der Waals surface area contributed by atoms with E-state index in [9.17, 15) is 21.6 Å². The van der Waals surface area contributed by atoms with Gasteiger partial charge in [0.05, 0.1) is 17.6 Å². The molecule has 0 heterocycles. The molecule has 9 heteroatoms. The Hall–Kier alpha value is -0.800. The topological polar surface area (TPSA) is 69.4 Å². The lowest BCUT2D eigenvalue weighted by Gasteiger charge is -2.14. The third kappa shape index (κ3) is 3.11. The molecule has 96 valence electrons. The van der Waals surface area contributed by atoms with Gasteiger partial charge in [-0.1, -0.05) is 0 Å². The number of hydrogen-bond acceptors (Lipinski definition) is 3. The molecule has 1 aromatic carbocycles. The Balaban J connectivity index is 3.57. The summed E-state index contributed by atoms with van der Waals surface area (Å²) in [6, 6.07) is 1.33. The van der Waals surface area contributed by atoms with Crippen molar-refractivity contribution in [2.75, 3.05) is 7.11 Å². The van der Waals surface area contributed by atoms with Crippen LogP contribution in [0.25, 0.3) is 0 Å². The zero-order chi connectivity index (χ0) is 13.4. The molecule has 0 unspecified atom stereocenters. The van der Waals surface area contributed by atoms with Gasteiger partial charge in [-0.2, -0.15) is 13.2 Å². The summed E-state index contributed by atoms with van der Waals surface area (Å²) >= 11 is 2.72. The van der Waals surface area contributed by atoms with Crippen molar-refractivity contribution in [2.24, 2.45) is 5.14 Å². The van der Waals surface area contributed by atoms with Crippen LogP contribution >= 0.6 is 15.9 Å². The van der Waals surface area contributed by atoms with Crippen molar-refractivity contribution in [2.45, 2.75) is 11.1 Å². The summed E-state index contributed by atoms with van der Waals surface area (Å²) in [7, 11) is -3.12. The van der Waals surface area contributed by atoms with Gasteiger partial charge in [0.1, 0.15) is 5.75 Å². The second-order valence-electron chi connectivity index (χ2n) is 3.03. The average molecular weight is 334 g/mol. The van der Waals surface area contributed by atoms with Gasteiger partial charge in [-0.3, -0.25) is 0 Å². The molecule has 4 nitrogen and oxygen atoms in total. The van der Waals surface area contributed by atoms with Crippen LogP contribution in [-0.4, -0.2) is 15.5 Å². The van der Waals surface area contributed by atoms with Crippen LogP contribution in [0.4, 0.5) is 13.2 Å². The molecule has 0 aromatic heterocycles. The van der Waals surface area contributed by atoms with Crippen LogP contribution in [0.5, 0.6) is 5.75 Å². The van der Waals surface area contributed by atoms with Crippen LogP contribution in [-0.2, 0) is 16.2 Å². The zero-order valence-corrected chi connectivity index (χ0v) is 10.8. The second-order valence-corrected chi connectivity index (χ2v) is 5.41. The van der Waals surface area contributed by atoms with Gasteiger partial charge >= 0.3 is 6.18 Å². The van der Waals surface area contributed by atoms with E-state index in [0.29, 0.717) is 6.07 Å². The predicted octanol–water partition coefficient (Wildman–Crippen LogP) is 2.12. The van der Waals surface area contributed by atoms with Crippen molar-refractivity contribution >= 4 is 26.0 Å². The fraction of sp³-hybridized carbons (Fsp3) is 0.250. The summed E-state index contributed by atoms with van der Waals surface area (Å²) in [6.45, 7) is 0. The minimum Gasteiger partial charge on any atom is -0.496 e. The van der Waals surface area contributed by atoms with Gasteiger partial charge < -0.3 is 4.74 Å². The molecule has 0 radical (unpaired) electrons. The molecule has 1 rings (SSSR count). The third-order valence-corrected chi connectivity index (χ3v) is 3.74. The smallest absolute Gasteiger partial charge is 0.420 e. The van der Waals surface area contributed by atoms with Gasteiger partial charge in [0.2, 0.25) is 10.0 Å². The van der Waals surface area contributed by atoms with Crippen molar-refractivity contribution in [3.63, 3.8) is 0 Å². The molecule has 17 heavy (non-hydrogen) atoms. The highest BCUT2D eigenvalue weighted by Crippen LogP contribution is 2.40. The van der Waals surface area contributed by atoms with Crippen molar-refractivity contribution < 1.29 is 26.3 Å². The van der Waals surface area contributed by atoms with E-state index in [1.54, 1.807) is 0 Å². The molecule has 0 spiro atoms. The summed E-state index contributed by atoms with van der Waals surface area (Å²) < 4.78 is 64.1. The Kier molecular flexibility index (Phi) is 3.75. The van der Waals surface area contributed by atoms with Crippen LogP contribution in [0.1, 0.15) is 5.56 Å². The van der Waals surface area contributed by atoms with E-state index in [-0.39, 0.29) is 4.47 Å². The summed E-state index contributed by atoms with van der Waals surface area (Å²) in [4.78, 5) is -0.470. The van der Waals surface area contributed by atoms with E-state index in [1.165, 1.54) is 0 Å². The van der Waals surface area contributed by atoms with E-state index >= 15 is 0 Å². The Bertz CT molecular complexity index is 542. The third-order valence-electron chi connectivity index (χ3n) is 1.87. The van der Waals surface area contributed by atoms with Gasteiger partial charge in [-0.05, 0) is 22.0 Å². The highest BCUT2D eigenvalue weighted by molar-refractivity contribution is 9.10. The molecule has 0 saturated heterocycles. The Labute approximate surface area is 104 Å². The number of ether oxygens (including phenoxy) is 1. The van der Waals surface area contributed by atoms with E-state index in [0.717, 1.165) is 13.2 Å². The molecule has 0 amide bonds. The number of rotatable bonds is 2. The maximum atomic E-state index is 12.6. The molecule has 0 atom stereocenters. The van der Waals surface area contributed by atoms with Crippen molar-refractivity contribution in [3.05, 3.63) is 22.2 Å². The van der Waals surface area contributed by atoms with Crippen molar-refractivity contribution in [1.29, 1.82) is 0 Å². The van der Waals surface area contributed by atoms with Gasteiger partial charge in [0.15, 0.2) is 0 Å². The summed E-state index contributed by atoms with van der Waals surface area (Å²) in [5, 5.41) is 4.85. The van der Waals surface area contributed by atoms with Gasteiger partial charge in [-0.15, -0.1) is 0 Å². The molecule has 0 saturated carbocycles. The molecule has 0 aliphatic heterocycles. The van der Waals surface area contributed by atoms with E-state index in [2.05, 4.69) is 20.7 Å². The minimum atomic E-state index is -4.65. The lowest BCUT2D eigenvalue weighted by atomic mass is 10.2. The Morgan fingerprint density at radius 2 is 1.88 bits per heavy atom. The summed E-state index contributed by atoms with van der Waals surface area (Å²) in [5.74, 6) is -0.607. The number of benzene rings is 1. The molecular formula is C8H7BrF3NO3S. The number of primary sulfonamides is 1. The normalized spacial score (nSPS) is 12.6. The van der Waals surface area contributed by atoms with Crippen LogP contribution in [0.15, 0.2) is 21.5 Å². The van der Waals surface area contributed by atoms with Gasteiger partial charge in [-0.25, -0.2) is 13.6 Å². The fourth-order valence-corrected chi connectivity index (χ4v) is 2.77.